The van der Waals surface area contributed by atoms with Gasteiger partial charge in [-0.15, -0.1) is 0 Å². The van der Waals surface area contributed by atoms with E-state index < -0.39 is 10.0 Å². The maximum absolute atomic E-state index is 11.5. The van der Waals surface area contributed by atoms with Crippen molar-refractivity contribution in [1.29, 1.82) is 0 Å². The summed E-state index contributed by atoms with van der Waals surface area (Å²) in [6.45, 7) is 0.969. The first kappa shape index (κ1) is 16.1. The molecule has 0 aliphatic carbocycles. The lowest BCUT2D eigenvalue weighted by atomic mass is 10.2. The zero-order valence-corrected chi connectivity index (χ0v) is 14.3. The van der Waals surface area contributed by atoms with E-state index in [1.807, 2.05) is 4.57 Å². The number of sulfonamides is 1. The van der Waals surface area contributed by atoms with Crippen LogP contribution in [0.25, 0.3) is 11.4 Å². The van der Waals surface area contributed by atoms with Crippen LogP contribution in [-0.2, 0) is 16.6 Å². The Morgan fingerprint density at radius 3 is 2.74 bits per heavy atom. The van der Waals surface area contributed by atoms with Crippen molar-refractivity contribution < 1.29 is 17.9 Å². The molecule has 0 bridgehead atoms. The van der Waals surface area contributed by atoms with E-state index in [2.05, 4.69) is 4.98 Å². The average Bonchev–Trinajstić information content (AvgIpc) is 3.10. The van der Waals surface area contributed by atoms with E-state index in [9.17, 15) is 8.42 Å². The van der Waals surface area contributed by atoms with Crippen molar-refractivity contribution in [1.82, 2.24) is 13.9 Å². The Labute approximate surface area is 139 Å². The number of hydrogen-bond acceptors (Lipinski definition) is 5. The van der Waals surface area contributed by atoms with Crippen molar-refractivity contribution in [3.05, 3.63) is 29.5 Å². The molecule has 0 radical (unpaired) electrons. The van der Waals surface area contributed by atoms with Crippen LogP contribution >= 0.6 is 11.6 Å². The molecule has 124 valence electrons. The predicted octanol–water partition coefficient (Wildman–Crippen LogP) is 1.82. The quantitative estimate of drug-likeness (QED) is 0.816. The fourth-order valence-corrected chi connectivity index (χ4v) is 2.89. The summed E-state index contributed by atoms with van der Waals surface area (Å²) >= 11 is 6.31. The summed E-state index contributed by atoms with van der Waals surface area (Å²) in [5, 5.41) is 0.498. The van der Waals surface area contributed by atoms with Gasteiger partial charge in [-0.1, -0.05) is 11.6 Å². The van der Waals surface area contributed by atoms with Crippen molar-refractivity contribution in [2.75, 3.05) is 26.6 Å². The number of nitrogens with zero attached hydrogens (tertiary/aromatic N) is 3. The molecule has 1 aliphatic heterocycles. The summed E-state index contributed by atoms with van der Waals surface area (Å²) in [5.74, 6) is 1.87. The van der Waals surface area contributed by atoms with Crippen LogP contribution in [0.15, 0.2) is 24.5 Å². The Morgan fingerprint density at radius 2 is 2.04 bits per heavy atom. The smallest absolute Gasteiger partial charge is 0.231 e. The van der Waals surface area contributed by atoms with Crippen LogP contribution in [0.1, 0.15) is 0 Å². The lowest BCUT2D eigenvalue weighted by Gasteiger charge is -2.16. The Morgan fingerprint density at radius 1 is 1.35 bits per heavy atom. The van der Waals surface area contributed by atoms with Crippen LogP contribution in [0.3, 0.4) is 0 Å². The summed E-state index contributed by atoms with van der Waals surface area (Å²) in [5.41, 5.74) is 0.711. The summed E-state index contributed by atoms with van der Waals surface area (Å²) in [7, 11) is -1.67. The molecule has 1 aliphatic rings. The minimum atomic E-state index is -3.21. The topological polar surface area (TPSA) is 73.7 Å². The van der Waals surface area contributed by atoms with Crippen molar-refractivity contribution >= 4 is 21.6 Å². The van der Waals surface area contributed by atoms with Crippen molar-refractivity contribution in [3.63, 3.8) is 0 Å². The molecule has 9 heteroatoms. The highest BCUT2D eigenvalue weighted by atomic mass is 35.5. The SMILES string of the molecule is CN(CCn1ccnc1-c1cc2c(cc1Cl)OCO2)S(C)(=O)=O. The molecule has 1 aromatic carbocycles. The van der Waals surface area contributed by atoms with E-state index in [-0.39, 0.29) is 6.79 Å². The molecule has 2 heterocycles. The minimum absolute atomic E-state index is 0.169. The van der Waals surface area contributed by atoms with Crippen LogP contribution in [-0.4, -0.2) is 48.9 Å². The normalized spacial score (nSPS) is 13.7. The molecule has 0 atom stereocenters. The average molecular weight is 358 g/mol. The standard InChI is InChI=1S/C14H16ClN3O4S/c1-17(23(2,19)20)5-6-18-4-3-16-14(18)10-7-12-13(8-11(10)15)22-9-21-12/h3-4,7-8H,5-6,9H2,1-2H3. The van der Waals surface area contributed by atoms with E-state index in [4.69, 9.17) is 21.1 Å². The molecule has 0 N–H and O–H groups in total. The van der Waals surface area contributed by atoms with Gasteiger partial charge in [0.1, 0.15) is 5.82 Å². The number of fused-ring (bicyclic) bond motifs is 1. The summed E-state index contributed by atoms with van der Waals surface area (Å²) < 4.78 is 36.8. The summed E-state index contributed by atoms with van der Waals surface area (Å²) in [6.07, 6.45) is 4.61. The van der Waals surface area contributed by atoms with Gasteiger partial charge in [-0.3, -0.25) is 0 Å². The zero-order chi connectivity index (χ0) is 16.6. The highest BCUT2D eigenvalue weighted by molar-refractivity contribution is 7.88. The zero-order valence-electron chi connectivity index (χ0n) is 12.7. The van der Waals surface area contributed by atoms with Gasteiger partial charge in [0.25, 0.3) is 0 Å². The number of benzene rings is 1. The van der Waals surface area contributed by atoms with Gasteiger partial charge in [-0.2, -0.15) is 0 Å². The largest absolute Gasteiger partial charge is 0.454 e. The number of rotatable bonds is 5. The Bertz CT molecular complexity index is 835. The first-order chi connectivity index (χ1) is 10.9. The molecule has 3 rings (SSSR count). The first-order valence-corrected chi connectivity index (χ1v) is 9.11. The Balaban J connectivity index is 1.87. The van der Waals surface area contributed by atoms with E-state index in [0.29, 0.717) is 41.0 Å². The second-order valence-corrected chi connectivity index (χ2v) is 7.71. The number of aromatic nitrogens is 2. The van der Waals surface area contributed by atoms with Crippen molar-refractivity contribution in [2.45, 2.75) is 6.54 Å². The van der Waals surface area contributed by atoms with E-state index >= 15 is 0 Å². The molecule has 0 spiro atoms. The highest BCUT2D eigenvalue weighted by Crippen LogP contribution is 2.40. The predicted molar refractivity (Wildman–Crippen MR) is 86.3 cm³/mol. The summed E-state index contributed by atoms with van der Waals surface area (Å²) in [4.78, 5) is 4.33. The number of ether oxygens (including phenoxy) is 2. The third-order valence-electron chi connectivity index (χ3n) is 3.64. The molecule has 0 saturated heterocycles. The van der Waals surface area contributed by atoms with Crippen molar-refractivity contribution in [3.8, 4) is 22.9 Å². The van der Waals surface area contributed by atoms with Gasteiger partial charge in [-0.25, -0.2) is 17.7 Å². The van der Waals surface area contributed by atoms with Crippen LogP contribution in [0.2, 0.25) is 5.02 Å². The minimum Gasteiger partial charge on any atom is -0.454 e. The second kappa shape index (κ2) is 6.03. The molecule has 2 aromatic rings. The Hall–Kier alpha value is -1.77. The van der Waals surface area contributed by atoms with Gasteiger partial charge in [-0.05, 0) is 6.07 Å². The third kappa shape index (κ3) is 3.29. The van der Waals surface area contributed by atoms with Crippen LogP contribution < -0.4 is 9.47 Å². The maximum Gasteiger partial charge on any atom is 0.231 e. The van der Waals surface area contributed by atoms with Gasteiger partial charge in [0, 0.05) is 44.2 Å². The number of imidazole rings is 1. The molecule has 7 nitrogen and oxygen atoms in total. The maximum atomic E-state index is 11.5. The molecular weight excluding hydrogens is 342 g/mol. The second-order valence-electron chi connectivity index (χ2n) is 5.21. The van der Waals surface area contributed by atoms with Crippen LogP contribution in [0.5, 0.6) is 11.5 Å². The molecular formula is C14H16ClN3O4S. The monoisotopic (exact) mass is 357 g/mol. The van der Waals surface area contributed by atoms with Gasteiger partial charge in [0.15, 0.2) is 11.5 Å². The van der Waals surface area contributed by atoms with Gasteiger partial charge >= 0.3 is 0 Å². The highest BCUT2D eigenvalue weighted by Gasteiger charge is 2.20. The Kier molecular flexibility index (Phi) is 4.22. The van der Waals surface area contributed by atoms with E-state index in [1.165, 1.54) is 10.6 Å². The number of hydrogen-bond donors (Lipinski definition) is 0. The number of halogens is 1. The van der Waals surface area contributed by atoms with E-state index in [1.54, 1.807) is 31.6 Å². The summed E-state index contributed by atoms with van der Waals surface area (Å²) in [6, 6.07) is 3.48. The van der Waals surface area contributed by atoms with Crippen LogP contribution in [0.4, 0.5) is 0 Å². The third-order valence-corrected chi connectivity index (χ3v) is 5.27. The molecule has 0 amide bonds. The molecule has 0 saturated carbocycles. The van der Waals surface area contributed by atoms with Crippen molar-refractivity contribution in [2.24, 2.45) is 0 Å². The van der Waals surface area contributed by atoms with Gasteiger partial charge in [0.05, 0.1) is 11.3 Å². The first-order valence-electron chi connectivity index (χ1n) is 6.88. The number of likely N-dealkylation sites (N-methyl/N-ethyl adjacent to an activating group) is 1. The molecule has 23 heavy (non-hydrogen) atoms. The fraction of sp³-hybridized carbons (Fsp3) is 0.357. The van der Waals surface area contributed by atoms with E-state index in [0.717, 1.165) is 0 Å². The molecule has 1 aromatic heterocycles. The van der Waals surface area contributed by atoms with Gasteiger partial charge in [0.2, 0.25) is 16.8 Å². The lowest BCUT2D eigenvalue weighted by Crippen LogP contribution is -2.29. The lowest BCUT2D eigenvalue weighted by molar-refractivity contribution is 0.174. The fourth-order valence-electron chi connectivity index (χ4n) is 2.24. The molecule has 0 unspecified atom stereocenters. The van der Waals surface area contributed by atoms with Gasteiger partial charge < -0.3 is 14.0 Å². The molecule has 0 fully saturated rings. The van der Waals surface area contributed by atoms with Crippen LogP contribution in [0, 0.1) is 0 Å².